The average molecular weight is 329 g/mol. The molecule has 0 bridgehead atoms. The third kappa shape index (κ3) is 8.32. The zero-order valence-corrected chi connectivity index (χ0v) is 14.0. The fourth-order valence-electron chi connectivity index (χ4n) is 3.13. The molecular weight excluding hydrogens is 298 g/mol. The second kappa shape index (κ2) is 11.4. The van der Waals surface area contributed by atoms with Gasteiger partial charge >= 0.3 is 5.97 Å². The van der Waals surface area contributed by atoms with Crippen molar-refractivity contribution in [3.8, 4) is 0 Å². The molecule has 0 aliphatic carbocycles. The fourth-order valence-corrected chi connectivity index (χ4v) is 3.13. The minimum atomic E-state index is -0.719. The molecule has 1 heterocycles. The van der Waals surface area contributed by atoms with Crippen LogP contribution in [0.15, 0.2) is 0 Å². The number of rotatable bonds is 12. The van der Waals surface area contributed by atoms with Crippen LogP contribution in [0.1, 0.15) is 70.6 Å². The molecule has 1 saturated heterocycles. The van der Waals surface area contributed by atoms with Crippen LogP contribution < -0.4 is 0 Å². The summed E-state index contributed by atoms with van der Waals surface area (Å²) in [5.41, 5.74) is 0. The Hall–Kier alpha value is -1.14. The highest BCUT2D eigenvalue weighted by Gasteiger charge is 2.33. The molecule has 1 fully saturated rings. The summed E-state index contributed by atoms with van der Waals surface area (Å²) in [5.74, 6) is -0.683. The Morgan fingerprint density at radius 1 is 0.913 bits per heavy atom. The highest BCUT2D eigenvalue weighted by molar-refractivity contribution is 5.76. The molecule has 6 nitrogen and oxygen atoms in total. The number of amides is 1. The smallest absolute Gasteiger partial charge is 0.303 e. The molecule has 0 aromatic heterocycles. The summed E-state index contributed by atoms with van der Waals surface area (Å²) in [6.07, 6.45) is 8.76. The number of nitrogens with zero attached hydrogens (tertiary/aromatic N) is 1. The van der Waals surface area contributed by atoms with Gasteiger partial charge in [-0.25, -0.2) is 0 Å². The van der Waals surface area contributed by atoms with Gasteiger partial charge in [-0.1, -0.05) is 38.5 Å². The summed E-state index contributed by atoms with van der Waals surface area (Å²) in [6, 6.07) is -0.219. The number of hydrogen-bond acceptors (Lipinski definition) is 4. The van der Waals surface area contributed by atoms with E-state index < -0.39 is 12.1 Å². The number of carbonyl (C=O) groups excluding carboxylic acids is 1. The predicted molar refractivity (Wildman–Crippen MR) is 87.0 cm³/mol. The molecule has 1 rings (SSSR count). The molecular formula is C17H31NO5. The molecule has 23 heavy (non-hydrogen) atoms. The van der Waals surface area contributed by atoms with Crippen molar-refractivity contribution >= 4 is 11.9 Å². The number of carboxylic acid groups (broad SMARTS) is 1. The van der Waals surface area contributed by atoms with Crippen molar-refractivity contribution in [3.63, 3.8) is 0 Å². The van der Waals surface area contributed by atoms with Crippen LogP contribution in [0, 0.1) is 0 Å². The Kier molecular flexibility index (Phi) is 9.87. The third-order valence-electron chi connectivity index (χ3n) is 4.45. The van der Waals surface area contributed by atoms with E-state index in [-0.39, 0.29) is 25.0 Å². The van der Waals surface area contributed by atoms with Gasteiger partial charge in [0.25, 0.3) is 0 Å². The molecule has 0 spiro atoms. The molecule has 134 valence electrons. The van der Waals surface area contributed by atoms with E-state index in [1.54, 1.807) is 4.90 Å². The SMILES string of the molecule is O=C(O)CCCCCCCCCCC(=O)N1C[C@H](O)C[C@H]1CO. The topological polar surface area (TPSA) is 98.1 Å². The number of carbonyl (C=O) groups is 2. The number of aliphatic carboxylic acids is 1. The maximum Gasteiger partial charge on any atom is 0.303 e. The lowest BCUT2D eigenvalue weighted by atomic mass is 10.1. The first-order chi connectivity index (χ1) is 11.0. The highest BCUT2D eigenvalue weighted by atomic mass is 16.4. The molecule has 0 saturated carbocycles. The van der Waals surface area contributed by atoms with E-state index in [0.717, 1.165) is 51.4 Å². The van der Waals surface area contributed by atoms with Gasteiger partial charge in [0.2, 0.25) is 5.91 Å². The van der Waals surface area contributed by atoms with Crippen LogP contribution in [0.4, 0.5) is 0 Å². The maximum absolute atomic E-state index is 12.1. The van der Waals surface area contributed by atoms with E-state index in [2.05, 4.69) is 0 Å². The van der Waals surface area contributed by atoms with Crippen LogP contribution in [-0.2, 0) is 9.59 Å². The number of carboxylic acids is 1. The van der Waals surface area contributed by atoms with Crippen LogP contribution in [-0.4, -0.2) is 57.4 Å². The number of unbranched alkanes of at least 4 members (excludes halogenated alkanes) is 7. The molecule has 0 unspecified atom stereocenters. The number of likely N-dealkylation sites (tertiary alicyclic amines) is 1. The van der Waals surface area contributed by atoms with E-state index >= 15 is 0 Å². The zero-order chi connectivity index (χ0) is 17.1. The lowest BCUT2D eigenvalue weighted by molar-refractivity contribution is -0.137. The second-order valence-electron chi connectivity index (χ2n) is 6.49. The quantitative estimate of drug-likeness (QED) is 0.475. The Labute approximate surface area is 138 Å². The van der Waals surface area contributed by atoms with Gasteiger partial charge in [-0.3, -0.25) is 9.59 Å². The van der Waals surface area contributed by atoms with Crippen molar-refractivity contribution in [3.05, 3.63) is 0 Å². The van der Waals surface area contributed by atoms with E-state index in [1.807, 2.05) is 0 Å². The standard InChI is InChI=1S/C17H31NO5/c19-13-14-11-15(20)12-18(14)16(21)9-7-5-3-1-2-4-6-8-10-17(22)23/h14-15,19-20H,1-13H2,(H,22,23)/t14-,15+/m0/s1. The van der Waals surface area contributed by atoms with E-state index in [4.69, 9.17) is 5.11 Å². The maximum atomic E-state index is 12.1. The predicted octanol–water partition coefficient (Wildman–Crippen LogP) is 1.93. The first-order valence-corrected chi connectivity index (χ1v) is 8.84. The molecule has 0 aromatic rings. The van der Waals surface area contributed by atoms with Crippen LogP contribution in [0.5, 0.6) is 0 Å². The Morgan fingerprint density at radius 3 is 1.96 bits per heavy atom. The minimum Gasteiger partial charge on any atom is -0.481 e. The minimum absolute atomic E-state index is 0.0364. The van der Waals surface area contributed by atoms with Gasteiger partial charge < -0.3 is 20.2 Å². The van der Waals surface area contributed by atoms with Crippen molar-refractivity contribution in [2.45, 2.75) is 82.8 Å². The van der Waals surface area contributed by atoms with Crippen molar-refractivity contribution in [2.75, 3.05) is 13.2 Å². The summed E-state index contributed by atoms with van der Waals surface area (Å²) < 4.78 is 0. The van der Waals surface area contributed by atoms with Gasteiger partial charge in [0.1, 0.15) is 0 Å². The highest BCUT2D eigenvalue weighted by Crippen LogP contribution is 2.19. The van der Waals surface area contributed by atoms with Crippen LogP contribution >= 0.6 is 0 Å². The summed E-state index contributed by atoms with van der Waals surface area (Å²) in [5, 5.41) is 27.3. The number of β-amino-alcohol motifs (C(OH)–C–C–N with tert-alkyl or cyclic N) is 1. The molecule has 3 N–H and O–H groups in total. The van der Waals surface area contributed by atoms with E-state index in [9.17, 15) is 19.8 Å². The van der Waals surface area contributed by atoms with Crippen LogP contribution in [0.2, 0.25) is 0 Å². The van der Waals surface area contributed by atoms with E-state index in [1.165, 1.54) is 0 Å². The average Bonchev–Trinajstić information content (AvgIpc) is 2.89. The normalized spacial score (nSPS) is 20.9. The molecule has 1 aliphatic heterocycles. The fraction of sp³-hybridized carbons (Fsp3) is 0.882. The molecule has 0 radical (unpaired) electrons. The molecule has 0 aromatic carbocycles. The van der Waals surface area contributed by atoms with E-state index in [0.29, 0.717) is 19.4 Å². The lowest BCUT2D eigenvalue weighted by Crippen LogP contribution is -2.37. The monoisotopic (exact) mass is 329 g/mol. The van der Waals surface area contributed by atoms with Crippen molar-refractivity contribution in [1.82, 2.24) is 4.90 Å². The first kappa shape index (κ1) is 19.9. The Morgan fingerprint density at radius 2 is 1.43 bits per heavy atom. The third-order valence-corrected chi connectivity index (χ3v) is 4.45. The van der Waals surface area contributed by atoms with Crippen molar-refractivity contribution in [2.24, 2.45) is 0 Å². The largest absolute Gasteiger partial charge is 0.481 e. The molecule has 2 atom stereocenters. The number of aliphatic hydroxyl groups excluding tert-OH is 2. The van der Waals surface area contributed by atoms with Crippen molar-refractivity contribution in [1.29, 1.82) is 0 Å². The van der Waals surface area contributed by atoms with Crippen LogP contribution in [0.3, 0.4) is 0 Å². The molecule has 1 amide bonds. The number of aliphatic hydroxyl groups is 2. The summed E-state index contributed by atoms with van der Waals surface area (Å²) in [6.45, 7) is 0.269. The summed E-state index contributed by atoms with van der Waals surface area (Å²) in [4.78, 5) is 24.1. The van der Waals surface area contributed by atoms with Crippen molar-refractivity contribution < 1.29 is 24.9 Å². The van der Waals surface area contributed by atoms with Gasteiger partial charge in [0.15, 0.2) is 0 Å². The zero-order valence-electron chi connectivity index (χ0n) is 14.0. The van der Waals surface area contributed by atoms with Gasteiger partial charge in [0.05, 0.1) is 18.8 Å². The summed E-state index contributed by atoms with van der Waals surface area (Å²) >= 11 is 0. The van der Waals surface area contributed by atoms with Crippen LogP contribution in [0.25, 0.3) is 0 Å². The number of hydrogen-bond donors (Lipinski definition) is 3. The van der Waals surface area contributed by atoms with Gasteiger partial charge in [-0.05, 0) is 19.3 Å². The van der Waals surface area contributed by atoms with Gasteiger partial charge in [-0.15, -0.1) is 0 Å². The molecule has 1 aliphatic rings. The molecule has 6 heteroatoms. The summed E-state index contributed by atoms with van der Waals surface area (Å²) in [7, 11) is 0. The van der Waals surface area contributed by atoms with Gasteiger partial charge in [-0.2, -0.15) is 0 Å². The lowest BCUT2D eigenvalue weighted by Gasteiger charge is -2.22. The van der Waals surface area contributed by atoms with Gasteiger partial charge in [0, 0.05) is 19.4 Å². The Balaban J connectivity index is 1.96. The Bertz CT molecular complexity index is 361. The first-order valence-electron chi connectivity index (χ1n) is 8.84. The second-order valence-corrected chi connectivity index (χ2v) is 6.49.